The molecule has 0 unspecified atom stereocenters. The molecule has 0 aliphatic carbocycles. The van der Waals surface area contributed by atoms with E-state index < -0.39 is 5.82 Å². The van der Waals surface area contributed by atoms with E-state index in [9.17, 15) is 8.78 Å². The maximum atomic E-state index is 15.3. The zero-order valence-electron chi connectivity index (χ0n) is 18.3. The van der Waals surface area contributed by atoms with Crippen molar-refractivity contribution in [3.63, 3.8) is 0 Å². The molecule has 0 aromatic heterocycles. The third-order valence-electron chi connectivity index (χ3n) is 6.02. The standard InChI is InChI=1S/C29H27F3/c1-2-3-4-5-6-7-20-8-15-26-22(18-20)12-17-27(29(26)32)23-11-16-25(28(31)19-23)21-9-13-24(30)14-10-21/h8-19H,2-7H2,1H3. The zero-order chi connectivity index (χ0) is 22.5. The lowest BCUT2D eigenvalue weighted by Crippen LogP contribution is -1.92. The normalized spacial score (nSPS) is 11.2. The Bertz CT molecular complexity index is 1210. The molecule has 0 aliphatic rings. The lowest BCUT2D eigenvalue weighted by molar-refractivity contribution is 0.625. The average Bonchev–Trinajstić information content (AvgIpc) is 2.80. The summed E-state index contributed by atoms with van der Waals surface area (Å²) in [5, 5.41) is 1.40. The molecule has 0 saturated heterocycles. The highest BCUT2D eigenvalue weighted by molar-refractivity contribution is 5.89. The Morgan fingerprint density at radius 1 is 0.625 bits per heavy atom. The van der Waals surface area contributed by atoms with Crippen LogP contribution in [0.15, 0.2) is 72.8 Å². The molecule has 0 atom stereocenters. The molecule has 0 amide bonds. The summed E-state index contributed by atoms with van der Waals surface area (Å²) in [6.45, 7) is 2.21. The quantitative estimate of drug-likeness (QED) is 0.244. The van der Waals surface area contributed by atoms with Gasteiger partial charge in [0.1, 0.15) is 17.5 Å². The Labute approximate surface area is 187 Å². The monoisotopic (exact) mass is 432 g/mol. The van der Waals surface area contributed by atoms with Crippen LogP contribution in [0.4, 0.5) is 13.2 Å². The fourth-order valence-corrected chi connectivity index (χ4v) is 4.20. The van der Waals surface area contributed by atoms with Gasteiger partial charge in [-0.05, 0) is 53.1 Å². The number of aryl methyl sites for hydroxylation is 1. The summed E-state index contributed by atoms with van der Waals surface area (Å²) in [4.78, 5) is 0. The first-order valence-corrected chi connectivity index (χ1v) is 11.3. The molecule has 164 valence electrons. The predicted octanol–water partition coefficient (Wildman–Crippen LogP) is 9.10. The molecule has 32 heavy (non-hydrogen) atoms. The fraction of sp³-hybridized carbons (Fsp3) is 0.241. The van der Waals surface area contributed by atoms with Crippen LogP contribution < -0.4 is 0 Å². The van der Waals surface area contributed by atoms with Crippen LogP contribution in [0.2, 0.25) is 0 Å². The van der Waals surface area contributed by atoms with Gasteiger partial charge in [-0.2, -0.15) is 0 Å². The maximum absolute atomic E-state index is 15.3. The van der Waals surface area contributed by atoms with Crippen molar-refractivity contribution in [2.45, 2.75) is 45.4 Å². The molecule has 0 fully saturated rings. The van der Waals surface area contributed by atoms with E-state index in [1.807, 2.05) is 18.2 Å². The number of hydrogen-bond donors (Lipinski definition) is 0. The van der Waals surface area contributed by atoms with Gasteiger partial charge in [0.2, 0.25) is 0 Å². The highest BCUT2D eigenvalue weighted by Crippen LogP contribution is 2.33. The molecule has 0 saturated carbocycles. The first-order valence-electron chi connectivity index (χ1n) is 11.3. The van der Waals surface area contributed by atoms with Crippen LogP contribution >= 0.6 is 0 Å². The van der Waals surface area contributed by atoms with Crippen LogP contribution in [0, 0.1) is 17.5 Å². The molecule has 0 spiro atoms. The number of unbranched alkanes of at least 4 members (excludes halogenated alkanes) is 4. The van der Waals surface area contributed by atoms with Crippen molar-refractivity contribution in [2.24, 2.45) is 0 Å². The molecule has 0 radical (unpaired) electrons. The van der Waals surface area contributed by atoms with E-state index in [2.05, 4.69) is 13.0 Å². The Morgan fingerprint density at radius 3 is 2.09 bits per heavy atom. The molecule has 4 aromatic carbocycles. The second-order valence-electron chi connectivity index (χ2n) is 8.35. The van der Waals surface area contributed by atoms with Crippen molar-refractivity contribution in [1.29, 1.82) is 0 Å². The summed E-state index contributed by atoms with van der Waals surface area (Å²) in [5.74, 6) is -1.18. The van der Waals surface area contributed by atoms with Crippen LogP contribution in [0.1, 0.15) is 44.6 Å². The van der Waals surface area contributed by atoms with Gasteiger partial charge in [-0.15, -0.1) is 0 Å². The van der Waals surface area contributed by atoms with Crippen molar-refractivity contribution < 1.29 is 13.2 Å². The first-order chi connectivity index (χ1) is 15.6. The third-order valence-corrected chi connectivity index (χ3v) is 6.02. The van der Waals surface area contributed by atoms with Gasteiger partial charge in [0.05, 0.1) is 0 Å². The molecule has 0 nitrogen and oxygen atoms in total. The third kappa shape index (κ3) is 4.88. The van der Waals surface area contributed by atoms with Crippen LogP contribution in [-0.2, 0) is 6.42 Å². The van der Waals surface area contributed by atoms with Gasteiger partial charge in [-0.3, -0.25) is 0 Å². The van der Waals surface area contributed by atoms with Crippen molar-refractivity contribution in [1.82, 2.24) is 0 Å². The summed E-state index contributed by atoms with van der Waals surface area (Å²) < 4.78 is 43.3. The van der Waals surface area contributed by atoms with Crippen molar-refractivity contribution in [3.05, 3.63) is 95.8 Å². The number of rotatable bonds is 8. The van der Waals surface area contributed by atoms with E-state index in [0.29, 0.717) is 27.6 Å². The fourth-order valence-electron chi connectivity index (χ4n) is 4.20. The molecule has 0 N–H and O–H groups in total. The zero-order valence-corrected chi connectivity index (χ0v) is 18.3. The summed E-state index contributed by atoms with van der Waals surface area (Å²) in [6, 6.07) is 19.8. The van der Waals surface area contributed by atoms with Crippen LogP contribution in [-0.4, -0.2) is 0 Å². The van der Waals surface area contributed by atoms with Gasteiger partial charge in [0.25, 0.3) is 0 Å². The first kappa shape index (κ1) is 22.1. The minimum absolute atomic E-state index is 0.342. The Hall–Kier alpha value is -3.07. The maximum Gasteiger partial charge on any atom is 0.138 e. The van der Waals surface area contributed by atoms with E-state index >= 15 is 4.39 Å². The summed E-state index contributed by atoms with van der Waals surface area (Å²) in [6.07, 6.45) is 7.13. The summed E-state index contributed by atoms with van der Waals surface area (Å²) in [5.41, 5.74) is 3.01. The average molecular weight is 433 g/mol. The second-order valence-corrected chi connectivity index (χ2v) is 8.35. The largest absolute Gasteiger partial charge is 0.207 e. The molecule has 0 bridgehead atoms. The van der Waals surface area contributed by atoms with E-state index in [-0.39, 0.29) is 11.6 Å². The highest BCUT2D eigenvalue weighted by Gasteiger charge is 2.13. The van der Waals surface area contributed by atoms with E-state index in [0.717, 1.165) is 18.2 Å². The van der Waals surface area contributed by atoms with E-state index in [1.54, 1.807) is 18.2 Å². The number of halogens is 3. The molecule has 3 heteroatoms. The molecular formula is C29H27F3. The Balaban J connectivity index is 1.58. The topological polar surface area (TPSA) is 0 Å². The number of hydrogen-bond acceptors (Lipinski definition) is 0. The van der Waals surface area contributed by atoms with Gasteiger partial charge in [-0.25, -0.2) is 13.2 Å². The highest BCUT2D eigenvalue weighted by atomic mass is 19.1. The van der Waals surface area contributed by atoms with Gasteiger partial charge in [0.15, 0.2) is 0 Å². The van der Waals surface area contributed by atoms with Crippen molar-refractivity contribution in [2.75, 3.05) is 0 Å². The molecule has 4 rings (SSSR count). The van der Waals surface area contributed by atoms with E-state index in [4.69, 9.17) is 0 Å². The Kier molecular flexibility index (Phi) is 6.94. The van der Waals surface area contributed by atoms with Gasteiger partial charge < -0.3 is 0 Å². The summed E-state index contributed by atoms with van der Waals surface area (Å²) >= 11 is 0. The number of benzene rings is 4. The lowest BCUT2D eigenvalue weighted by Gasteiger charge is -2.11. The van der Waals surface area contributed by atoms with Crippen LogP contribution in [0.5, 0.6) is 0 Å². The minimum atomic E-state index is -0.466. The molecule has 0 heterocycles. The van der Waals surface area contributed by atoms with Gasteiger partial charge in [0, 0.05) is 16.5 Å². The summed E-state index contributed by atoms with van der Waals surface area (Å²) in [7, 11) is 0. The van der Waals surface area contributed by atoms with Gasteiger partial charge >= 0.3 is 0 Å². The predicted molar refractivity (Wildman–Crippen MR) is 127 cm³/mol. The molecule has 0 aliphatic heterocycles. The molecular weight excluding hydrogens is 405 g/mol. The smallest absolute Gasteiger partial charge is 0.138 e. The van der Waals surface area contributed by atoms with Crippen LogP contribution in [0.25, 0.3) is 33.0 Å². The molecule has 4 aromatic rings. The SMILES string of the molecule is CCCCCCCc1ccc2c(F)c(-c3ccc(-c4ccc(F)cc4)c(F)c3)ccc2c1. The van der Waals surface area contributed by atoms with Gasteiger partial charge in [-0.1, -0.05) is 87.2 Å². The van der Waals surface area contributed by atoms with Crippen molar-refractivity contribution >= 4 is 10.8 Å². The van der Waals surface area contributed by atoms with Crippen molar-refractivity contribution in [3.8, 4) is 22.3 Å². The Morgan fingerprint density at radius 2 is 1.34 bits per heavy atom. The van der Waals surface area contributed by atoms with Crippen LogP contribution in [0.3, 0.4) is 0 Å². The second kappa shape index (κ2) is 10.0. The lowest BCUT2D eigenvalue weighted by atomic mass is 9.96. The van der Waals surface area contributed by atoms with E-state index in [1.165, 1.54) is 61.6 Å². The number of fused-ring (bicyclic) bond motifs is 1. The minimum Gasteiger partial charge on any atom is -0.207 e.